The van der Waals surface area contributed by atoms with Gasteiger partial charge in [-0.2, -0.15) is 0 Å². The highest BCUT2D eigenvalue weighted by Crippen LogP contribution is 2.43. The average molecular weight is 326 g/mol. The number of hydrogen-bond acceptors (Lipinski definition) is 3. The minimum Gasteiger partial charge on any atom is -0.387 e. The van der Waals surface area contributed by atoms with Gasteiger partial charge in [-0.05, 0) is 42.9 Å². The molecule has 24 heavy (non-hydrogen) atoms. The minimum absolute atomic E-state index is 0.0347. The quantitative estimate of drug-likeness (QED) is 0.892. The van der Waals surface area contributed by atoms with Gasteiger partial charge in [0.2, 0.25) is 5.67 Å². The van der Waals surface area contributed by atoms with Crippen LogP contribution < -0.4 is 5.32 Å². The summed E-state index contributed by atoms with van der Waals surface area (Å²) in [6, 6.07) is 10.9. The van der Waals surface area contributed by atoms with Gasteiger partial charge in [-0.1, -0.05) is 30.3 Å². The zero-order chi connectivity index (χ0) is 16.7. The Kier molecular flexibility index (Phi) is 3.61. The molecule has 3 atom stereocenters. The molecule has 0 fully saturated rings. The first-order valence-corrected chi connectivity index (χ1v) is 8.31. The van der Waals surface area contributed by atoms with Crippen LogP contribution in [0.5, 0.6) is 0 Å². The molecule has 5 heteroatoms. The summed E-state index contributed by atoms with van der Waals surface area (Å²) in [6.07, 6.45) is 2.52. The molecule has 124 valence electrons. The lowest BCUT2D eigenvalue weighted by atomic mass is 9.80. The lowest BCUT2D eigenvalue weighted by molar-refractivity contribution is -0.136. The molecule has 1 aromatic heterocycles. The van der Waals surface area contributed by atoms with E-state index in [0.29, 0.717) is 0 Å². The molecule has 0 radical (unpaired) electrons. The number of aliphatic hydroxyl groups excluding tert-OH is 1. The lowest BCUT2D eigenvalue weighted by Crippen LogP contribution is -2.45. The van der Waals surface area contributed by atoms with Crippen LogP contribution >= 0.6 is 0 Å². The van der Waals surface area contributed by atoms with E-state index in [4.69, 9.17) is 0 Å². The van der Waals surface area contributed by atoms with E-state index in [-0.39, 0.29) is 30.1 Å². The molecule has 4 nitrogen and oxygen atoms in total. The van der Waals surface area contributed by atoms with E-state index in [1.807, 2.05) is 24.3 Å². The molecule has 1 heterocycles. The van der Waals surface area contributed by atoms with Crippen LogP contribution in [-0.2, 0) is 16.9 Å². The number of nitrogens with zero attached hydrogens (tertiary/aromatic N) is 1. The maximum atomic E-state index is 15.6. The summed E-state index contributed by atoms with van der Waals surface area (Å²) >= 11 is 0. The van der Waals surface area contributed by atoms with E-state index in [1.54, 1.807) is 12.1 Å². The number of fused-ring (bicyclic) bond motifs is 2. The fraction of sp³-hybridized carbons (Fsp3) is 0.368. The molecular weight excluding hydrogens is 307 g/mol. The molecule has 1 aromatic carbocycles. The second-order valence-corrected chi connectivity index (χ2v) is 6.56. The Balaban J connectivity index is 1.62. The lowest BCUT2D eigenvalue weighted by Gasteiger charge is -2.33. The van der Waals surface area contributed by atoms with E-state index in [2.05, 4.69) is 10.3 Å². The van der Waals surface area contributed by atoms with Crippen LogP contribution in [0.3, 0.4) is 0 Å². The predicted octanol–water partition coefficient (Wildman–Crippen LogP) is 2.88. The van der Waals surface area contributed by atoms with Crippen LogP contribution in [-0.4, -0.2) is 16.0 Å². The number of alkyl halides is 1. The van der Waals surface area contributed by atoms with Gasteiger partial charge < -0.3 is 10.4 Å². The predicted molar refractivity (Wildman–Crippen MR) is 86.9 cm³/mol. The maximum Gasteiger partial charge on any atom is 0.262 e. The number of nitrogens with one attached hydrogen (secondary N) is 1. The number of carbonyl (C=O) groups is 1. The van der Waals surface area contributed by atoms with E-state index in [1.165, 1.54) is 11.8 Å². The summed E-state index contributed by atoms with van der Waals surface area (Å²) in [4.78, 5) is 16.8. The van der Waals surface area contributed by atoms with Gasteiger partial charge in [0, 0.05) is 11.8 Å². The number of aryl methyl sites for hydroxylation is 1. The smallest absolute Gasteiger partial charge is 0.262 e. The zero-order valence-corrected chi connectivity index (χ0v) is 13.2. The highest BCUT2D eigenvalue weighted by molar-refractivity contribution is 5.87. The first kappa shape index (κ1) is 15.3. The maximum absolute atomic E-state index is 15.6. The van der Waals surface area contributed by atoms with Gasteiger partial charge in [-0.25, -0.2) is 4.39 Å². The third kappa shape index (κ3) is 2.31. The van der Waals surface area contributed by atoms with E-state index in [9.17, 15) is 9.90 Å². The standard InChI is InChI=1S/C19H19FN2O2/c20-19(10-9-16(23)17-14(19)6-3-11-21-17)18(24)22-15-8-7-12-4-1-2-5-13(12)15/h1-6,11,15-16,23H,7-10H2,(H,22,24)/t15-,16-,19-/m0/s1. The van der Waals surface area contributed by atoms with E-state index < -0.39 is 17.7 Å². The average Bonchev–Trinajstić information content (AvgIpc) is 3.02. The molecule has 0 spiro atoms. The topological polar surface area (TPSA) is 62.2 Å². The van der Waals surface area contributed by atoms with Crippen LogP contribution in [0.1, 0.15) is 53.8 Å². The fourth-order valence-corrected chi connectivity index (χ4v) is 3.84. The Morgan fingerprint density at radius 3 is 2.96 bits per heavy atom. The number of amides is 1. The summed E-state index contributed by atoms with van der Waals surface area (Å²) in [6.45, 7) is 0. The molecule has 0 saturated carbocycles. The van der Waals surface area contributed by atoms with Crippen LogP contribution in [0.25, 0.3) is 0 Å². The van der Waals surface area contributed by atoms with Crippen LogP contribution in [0.2, 0.25) is 0 Å². The van der Waals surface area contributed by atoms with Gasteiger partial charge in [0.1, 0.15) is 0 Å². The van der Waals surface area contributed by atoms with Crippen molar-refractivity contribution >= 4 is 5.91 Å². The largest absolute Gasteiger partial charge is 0.387 e. The second kappa shape index (κ2) is 5.67. The molecule has 0 aliphatic heterocycles. The Hall–Kier alpha value is -2.27. The fourth-order valence-electron chi connectivity index (χ4n) is 3.84. The Morgan fingerprint density at radius 1 is 1.25 bits per heavy atom. The summed E-state index contributed by atoms with van der Waals surface area (Å²) < 4.78 is 15.6. The normalized spacial score (nSPS) is 28.1. The van der Waals surface area contributed by atoms with Gasteiger partial charge in [0.15, 0.2) is 0 Å². The van der Waals surface area contributed by atoms with Crippen molar-refractivity contribution in [2.24, 2.45) is 0 Å². The number of carbonyl (C=O) groups excluding carboxylic acids is 1. The van der Waals surface area contributed by atoms with Crippen molar-refractivity contribution in [1.82, 2.24) is 10.3 Å². The van der Waals surface area contributed by atoms with Gasteiger partial charge in [0.25, 0.3) is 5.91 Å². The summed E-state index contributed by atoms with van der Waals surface area (Å²) in [7, 11) is 0. The highest BCUT2D eigenvalue weighted by atomic mass is 19.1. The molecule has 0 unspecified atom stereocenters. The molecule has 0 saturated heterocycles. The number of halogens is 1. The van der Waals surface area contributed by atoms with Crippen molar-refractivity contribution in [3.8, 4) is 0 Å². The van der Waals surface area contributed by atoms with Crippen molar-refractivity contribution in [3.63, 3.8) is 0 Å². The third-order valence-electron chi connectivity index (χ3n) is 5.14. The van der Waals surface area contributed by atoms with Crippen molar-refractivity contribution < 1.29 is 14.3 Å². The number of aromatic nitrogens is 1. The van der Waals surface area contributed by atoms with Crippen LogP contribution in [0, 0.1) is 0 Å². The molecule has 0 bridgehead atoms. The highest BCUT2D eigenvalue weighted by Gasteiger charge is 2.47. The first-order valence-electron chi connectivity index (χ1n) is 8.31. The van der Waals surface area contributed by atoms with E-state index in [0.717, 1.165) is 18.4 Å². The van der Waals surface area contributed by atoms with Gasteiger partial charge in [-0.15, -0.1) is 0 Å². The molecule has 2 aliphatic carbocycles. The van der Waals surface area contributed by atoms with Crippen molar-refractivity contribution in [2.45, 2.75) is 43.5 Å². The number of hydrogen-bond donors (Lipinski definition) is 2. The molecule has 1 amide bonds. The minimum atomic E-state index is -2.14. The molecular formula is C19H19FN2O2. The number of benzene rings is 1. The zero-order valence-electron chi connectivity index (χ0n) is 13.2. The molecule has 4 rings (SSSR count). The monoisotopic (exact) mass is 326 g/mol. The second-order valence-electron chi connectivity index (χ2n) is 6.56. The van der Waals surface area contributed by atoms with Gasteiger partial charge in [-0.3, -0.25) is 9.78 Å². The Bertz CT molecular complexity index is 794. The van der Waals surface area contributed by atoms with Crippen molar-refractivity contribution in [2.75, 3.05) is 0 Å². The SMILES string of the molecule is O=C(N[C@H]1CCc2ccccc21)[C@]1(F)CC[C@H](O)c2ncccc21. The Labute approximate surface area is 139 Å². The summed E-state index contributed by atoms with van der Waals surface area (Å²) in [5.41, 5.74) is 0.592. The summed E-state index contributed by atoms with van der Waals surface area (Å²) in [5, 5.41) is 12.9. The molecule has 2 N–H and O–H groups in total. The van der Waals surface area contributed by atoms with Crippen molar-refractivity contribution in [3.05, 3.63) is 65.0 Å². The van der Waals surface area contributed by atoms with Gasteiger partial charge in [0.05, 0.1) is 17.8 Å². The van der Waals surface area contributed by atoms with Crippen molar-refractivity contribution in [1.29, 1.82) is 0 Å². The summed E-state index contributed by atoms with van der Waals surface area (Å²) in [5.74, 6) is -0.634. The van der Waals surface area contributed by atoms with E-state index >= 15 is 4.39 Å². The third-order valence-corrected chi connectivity index (χ3v) is 5.14. The van der Waals surface area contributed by atoms with Crippen LogP contribution in [0.15, 0.2) is 42.6 Å². The molecule has 2 aromatic rings. The van der Waals surface area contributed by atoms with Crippen LogP contribution in [0.4, 0.5) is 4.39 Å². The number of aliphatic hydroxyl groups is 1. The molecule has 2 aliphatic rings. The Morgan fingerprint density at radius 2 is 2.08 bits per heavy atom. The first-order chi connectivity index (χ1) is 11.6. The number of rotatable bonds is 2. The number of pyridine rings is 1. The van der Waals surface area contributed by atoms with Gasteiger partial charge >= 0.3 is 0 Å².